The Hall–Kier alpha value is -2.47. The minimum Gasteiger partial charge on any atom is -0.438 e. The third-order valence-corrected chi connectivity index (χ3v) is 4.15. The van der Waals surface area contributed by atoms with Crippen LogP contribution in [0.3, 0.4) is 0 Å². The van der Waals surface area contributed by atoms with E-state index in [0.717, 1.165) is 6.29 Å². The maximum Gasteiger partial charge on any atom is 0.286 e. The maximum absolute atomic E-state index is 11.8. The first kappa shape index (κ1) is 12.6. The summed E-state index contributed by atoms with van der Waals surface area (Å²) < 4.78 is 32.8. The van der Waals surface area contributed by atoms with Crippen molar-refractivity contribution in [1.29, 1.82) is 0 Å². The molecule has 3 rings (SSSR count). The largest absolute Gasteiger partial charge is 0.438 e. The van der Waals surface area contributed by atoms with Crippen molar-refractivity contribution in [3.63, 3.8) is 0 Å². The molecule has 0 N–H and O–H groups in total. The number of rotatable bonds is 2. The summed E-state index contributed by atoms with van der Waals surface area (Å²) in [6.07, 6.45) is 0.719. The van der Waals surface area contributed by atoms with E-state index < -0.39 is 10.0 Å². The number of nitrogens with zero attached hydrogens (tertiary/aromatic N) is 1. The molecular formula is C14H9NO4S. The SMILES string of the molecule is O=Cc1ccc(OC2=NS(=O)(=O)c3ccccc32)cc1. The van der Waals surface area contributed by atoms with Crippen molar-refractivity contribution in [2.75, 3.05) is 0 Å². The summed E-state index contributed by atoms with van der Waals surface area (Å²) in [4.78, 5) is 10.7. The first-order valence-corrected chi connectivity index (χ1v) is 7.22. The first-order chi connectivity index (χ1) is 9.60. The van der Waals surface area contributed by atoms with Crippen LogP contribution in [0.1, 0.15) is 15.9 Å². The van der Waals surface area contributed by atoms with Crippen molar-refractivity contribution in [2.24, 2.45) is 4.40 Å². The number of ether oxygens (including phenoxy) is 1. The minimum atomic E-state index is -3.68. The van der Waals surface area contributed by atoms with E-state index in [1.54, 1.807) is 42.5 Å². The van der Waals surface area contributed by atoms with Gasteiger partial charge in [0.15, 0.2) is 0 Å². The Kier molecular flexibility index (Phi) is 2.87. The van der Waals surface area contributed by atoms with Crippen molar-refractivity contribution in [1.82, 2.24) is 0 Å². The smallest absolute Gasteiger partial charge is 0.286 e. The molecule has 1 heterocycles. The molecule has 0 spiro atoms. The highest BCUT2D eigenvalue weighted by atomic mass is 32.2. The van der Waals surface area contributed by atoms with E-state index in [9.17, 15) is 13.2 Å². The van der Waals surface area contributed by atoms with Gasteiger partial charge in [-0.2, -0.15) is 8.42 Å². The van der Waals surface area contributed by atoms with E-state index in [1.807, 2.05) is 0 Å². The monoisotopic (exact) mass is 287 g/mol. The Bertz CT molecular complexity index is 807. The van der Waals surface area contributed by atoms with Gasteiger partial charge in [0.1, 0.15) is 16.9 Å². The maximum atomic E-state index is 11.8. The van der Waals surface area contributed by atoms with Gasteiger partial charge in [-0.05, 0) is 36.4 Å². The molecule has 1 aliphatic rings. The molecule has 20 heavy (non-hydrogen) atoms. The summed E-state index contributed by atoms with van der Waals surface area (Å²) in [6.45, 7) is 0. The quantitative estimate of drug-likeness (QED) is 0.792. The molecule has 0 bridgehead atoms. The van der Waals surface area contributed by atoms with Gasteiger partial charge < -0.3 is 4.74 Å². The zero-order valence-corrected chi connectivity index (χ0v) is 11.0. The van der Waals surface area contributed by atoms with Crippen LogP contribution in [0.4, 0.5) is 0 Å². The fraction of sp³-hybridized carbons (Fsp3) is 0. The number of carbonyl (C=O) groups excluding carboxylic acids is 1. The van der Waals surface area contributed by atoms with Gasteiger partial charge >= 0.3 is 0 Å². The molecule has 0 saturated heterocycles. The van der Waals surface area contributed by atoms with Crippen molar-refractivity contribution < 1.29 is 17.9 Å². The summed E-state index contributed by atoms with van der Waals surface area (Å²) in [5.74, 6) is 0.459. The van der Waals surface area contributed by atoms with E-state index in [4.69, 9.17) is 4.74 Å². The van der Waals surface area contributed by atoms with Crippen LogP contribution in [0.15, 0.2) is 57.8 Å². The van der Waals surface area contributed by atoms with Crippen molar-refractivity contribution in [3.05, 3.63) is 59.7 Å². The lowest BCUT2D eigenvalue weighted by molar-refractivity contribution is 0.112. The second kappa shape index (κ2) is 4.57. The standard InChI is InChI=1S/C14H9NO4S/c16-9-10-5-7-11(8-6-10)19-14-12-3-1-2-4-13(12)20(17,18)15-14/h1-9H. The second-order valence-corrected chi connectivity index (χ2v) is 5.73. The molecule has 6 heteroatoms. The number of hydrogen-bond donors (Lipinski definition) is 0. The molecule has 0 atom stereocenters. The number of sulfonamides is 1. The molecular weight excluding hydrogens is 278 g/mol. The third-order valence-electron chi connectivity index (χ3n) is 2.83. The van der Waals surface area contributed by atoms with Gasteiger partial charge in [0.25, 0.3) is 10.0 Å². The van der Waals surface area contributed by atoms with Crippen LogP contribution in [0.5, 0.6) is 5.75 Å². The van der Waals surface area contributed by atoms with Gasteiger partial charge in [0.05, 0.1) is 5.56 Å². The Morgan fingerprint density at radius 1 is 1.00 bits per heavy atom. The van der Waals surface area contributed by atoms with Crippen LogP contribution in [-0.4, -0.2) is 20.6 Å². The molecule has 0 unspecified atom stereocenters. The Balaban J connectivity index is 1.97. The van der Waals surface area contributed by atoms with Crippen LogP contribution in [0.2, 0.25) is 0 Å². The van der Waals surface area contributed by atoms with E-state index in [1.165, 1.54) is 6.07 Å². The highest BCUT2D eigenvalue weighted by Gasteiger charge is 2.29. The molecule has 0 saturated carbocycles. The number of carbonyl (C=O) groups is 1. The molecule has 2 aromatic rings. The van der Waals surface area contributed by atoms with Crippen molar-refractivity contribution >= 4 is 22.2 Å². The lowest BCUT2D eigenvalue weighted by Gasteiger charge is -2.05. The molecule has 0 amide bonds. The molecule has 100 valence electrons. The van der Waals surface area contributed by atoms with Crippen molar-refractivity contribution in [3.8, 4) is 5.75 Å². The third kappa shape index (κ3) is 2.10. The highest BCUT2D eigenvalue weighted by Crippen LogP contribution is 2.27. The number of benzene rings is 2. The summed E-state index contributed by atoms with van der Waals surface area (Å²) in [6, 6.07) is 12.8. The van der Waals surface area contributed by atoms with E-state index >= 15 is 0 Å². The predicted octanol–water partition coefficient (Wildman–Crippen LogP) is 2.03. The Labute approximate surface area is 115 Å². The minimum absolute atomic E-state index is 0.0412. The molecule has 0 radical (unpaired) electrons. The van der Waals surface area contributed by atoms with Crippen LogP contribution in [0.25, 0.3) is 0 Å². The molecule has 5 nitrogen and oxygen atoms in total. The lowest BCUT2D eigenvalue weighted by atomic mass is 10.2. The van der Waals surface area contributed by atoms with E-state index in [-0.39, 0.29) is 10.8 Å². The molecule has 2 aromatic carbocycles. The Morgan fingerprint density at radius 3 is 2.40 bits per heavy atom. The normalized spacial score (nSPS) is 15.3. The van der Waals surface area contributed by atoms with Gasteiger partial charge in [-0.1, -0.05) is 12.1 Å². The zero-order chi connectivity index (χ0) is 14.2. The van der Waals surface area contributed by atoms with Crippen LogP contribution < -0.4 is 4.74 Å². The summed E-state index contributed by atoms with van der Waals surface area (Å²) in [5, 5.41) is 0. The number of fused-ring (bicyclic) bond motifs is 1. The molecule has 1 aliphatic heterocycles. The van der Waals surface area contributed by atoms with E-state index in [2.05, 4.69) is 4.40 Å². The number of hydrogen-bond acceptors (Lipinski definition) is 4. The molecule has 0 fully saturated rings. The average molecular weight is 287 g/mol. The molecule has 0 aromatic heterocycles. The van der Waals surface area contributed by atoms with E-state index in [0.29, 0.717) is 16.9 Å². The fourth-order valence-electron chi connectivity index (χ4n) is 1.88. The van der Waals surface area contributed by atoms with Gasteiger partial charge in [-0.25, -0.2) is 0 Å². The van der Waals surface area contributed by atoms with Crippen molar-refractivity contribution in [2.45, 2.75) is 4.90 Å². The fourth-order valence-corrected chi connectivity index (χ4v) is 3.01. The van der Waals surface area contributed by atoms with Gasteiger partial charge in [0, 0.05) is 5.56 Å². The Morgan fingerprint density at radius 2 is 1.70 bits per heavy atom. The lowest BCUT2D eigenvalue weighted by Crippen LogP contribution is -2.07. The topological polar surface area (TPSA) is 72.8 Å². The van der Waals surface area contributed by atoms with Gasteiger partial charge in [-0.15, -0.1) is 4.40 Å². The summed E-state index contributed by atoms with van der Waals surface area (Å²) in [5.41, 5.74) is 0.950. The average Bonchev–Trinajstić information content (AvgIpc) is 2.72. The predicted molar refractivity (Wildman–Crippen MR) is 72.6 cm³/mol. The van der Waals surface area contributed by atoms with Crippen LogP contribution >= 0.6 is 0 Å². The van der Waals surface area contributed by atoms with Gasteiger partial charge in [-0.3, -0.25) is 4.79 Å². The second-order valence-electron chi connectivity index (χ2n) is 4.16. The van der Waals surface area contributed by atoms with Crippen LogP contribution in [0, 0.1) is 0 Å². The first-order valence-electron chi connectivity index (χ1n) is 5.77. The zero-order valence-electron chi connectivity index (χ0n) is 10.2. The highest BCUT2D eigenvalue weighted by molar-refractivity contribution is 7.90. The summed E-state index contributed by atoms with van der Waals surface area (Å²) >= 11 is 0. The van der Waals surface area contributed by atoms with Gasteiger partial charge in [0.2, 0.25) is 5.90 Å². The van der Waals surface area contributed by atoms with Crippen LogP contribution in [-0.2, 0) is 10.0 Å². The number of aldehydes is 1. The molecule has 0 aliphatic carbocycles. The summed E-state index contributed by atoms with van der Waals surface area (Å²) in [7, 11) is -3.68.